The van der Waals surface area contributed by atoms with E-state index >= 15 is 0 Å². The second-order valence-electron chi connectivity index (χ2n) is 11.6. The second-order valence-corrected chi connectivity index (χ2v) is 16.4. The fourth-order valence-corrected chi connectivity index (χ4v) is 5.64. The standard InChI is InChI=1S/C26H43NO11Si/c1-15(28)27-16-12-13-26(23(31)34-9,18(21(29)32-7)22(30)33-8)37-19(16)20(17-14-35-25(5,6)36-17)38-39(10,11)24(2,3)4/h12-13,16-20H,14H2,1-11H3,(H,27,28)/t16-,17-,19-,20-,26+/m1/s1. The van der Waals surface area contributed by atoms with E-state index in [1.807, 2.05) is 13.1 Å². The molecule has 2 heterocycles. The van der Waals surface area contributed by atoms with Gasteiger partial charge in [0.25, 0.3) is 0 Å². The molecule has 1 saturated heterocycles. The van der Waals surface area contributed by atoms with Crippen molar-refractivity contribution in [1.29, 1.82) is 0 Å². The Morgan fingerprint density at radius 3 is 1.97 bits per heavy atom. The molecule has 1 amide bonds. The summed E-state index contributed by atoms with van der Waals surface area (Å²) in [6, 6.07) is -0.835. The highest BCUT2D eigenvalue weighted by Gasteiger charge is 2.61. The van der Waals surface area contributed by atoms with Crippen molar-refractivity contribution in [2.24, 2.45) is 5.92 Å². The van der Waals surface area contributed by atoms with Crippen LogP contribution < -0.4 is 5.32 Å². The minimum atomic E-state index is -2.55. The van der Waals surface area contributed by atoms with Crippen molar-refractivity contribution in [2.75, 3.05) is 27.9 Å². The van der Waals surface area contributed by atoms with Crippen LogP contribution in [0.25, 0.3) is 0 Å². The summed E-state index contributed by atoms with van der Waals surface area (Å²) in [4.78, 5) is 51.3. The van der Waals surface area contributed by atoms with Gasteiger partial charge in [0.2, 0.25) is 11.5 Å². The highest BCUT2D eigenvalue weighted by Crippen LogP contribution is 2.42. The quantitative estimate of drug-likeness (QED) is 0.142. The molecule has 1 fully saturated rings. The van der Waals surface area contributed by atoms with Crippen LogP contribution in [0.4, 0.5) is 0 Å². The topological polar surface area (TPSA) is 145 Å². The van der Waals surface area contributed by atoms with E-state index in [0.29, 0.717) is 0 Å². The van der Waals surface area contributed by atoms with Crippen molar-refractivity contribution >= 4 is 32.1 Å². The monoisotopic (exact) mass is 573 g/mol. The zero-order chi connectivity index (χ0) is 30.0. The first-order chi connectivity index (χ1) is 17.9. The fraction of sp³-hybridized carbons (Fsp3) is 0.769. The van der Waals surface area contributed by atoms with Gasteiger partial charge in [-0.2, -0.15) is 0 Å². The van der Waals surface area contributed by atoms with Crippen molar-refractivity contribution in [2.45, 2.75) is 95.4 Å². The van der Waals surface area contributed by atoms with Crippen molar-refractivity contribution in [3.63, 3.8) is 0 Å². The first-order valence-electron chi connectivity index (χ1n) is 12.7. The lowest BCUT2D eigenvalue weighted by molar-refractivity contribution is -0.212. The molecule has 0 aromatic heterocycles. The van der Waals surface area contributed by atoms with Gasteiger partial charge in [-0.25, -0.2) is 4.79 Å². The van der Waals surface area contributed by atoms with Crippen LogP contribution in [0, 0.1) is 5.92 Å². The van der Waals surface area contributed by atoms with Gasteiger partial charge < -0.3 is 38.2 Å². The summed E-state index contributed by atoms with van der Waals surface area (Å²) in [6.07, 6.45) is -0.0323. The number of hydrogen-bond donors (Lipinski definition) is 1. The van der Waals surface area contributed by atoms with E-state index in [0.717, 1.165) is 21.3 Å². The van der Waals surface area contributed by atoms with Gasteiger partial charge in [-0.1, -0.05) is 26.8 Å². The molecule has 222 valence electrons. The summed E-state index contributed by atoms with van der Waals surface area (Å²) in [5.74, 6) is -6.37. The molecule has 0 radical (unpaired) electrons. The van der Waals surface area contributed by atoms with Gasteiger partial charge in [-0.05, 0) is 38.1 Å². The lowest BCUT2D eigenvalue weighted by atomic mass is 9.82. The van der Waals surface area contributed by atoms with E-state index in [9.17, 15) is 19.2 Å². The van der Waals surface area contributed by atoms with Crippen LogP contribution in [0.1, 0.15) is 41.5 Å². The van der Waals surface area contributed by atoms with E-state index < -0.39 is 67.9 Å². The average Bonchev–Trinajstić information content (AvgIpc) is 3.20. The maximum Gasteiger partial charge on any atom is 0.343 e. The molecule has 0 saturated carbocycles. The van der Waals surface area contributed by atoms with Gasteiger partial charge in [0.1, 0.15) is 18.3 Å². The Morgan fingerprint density at radius 1 is 1.00 bits per heavy atom. The predicted octanol–water partition coefficient (Wildman–Crippen LogP) is 1.86. The van der Waals surface area contributed by atoms with Gasteiger partial charge in [0.15, 0.2) is 20.0 Å². The molecule has 0 unspecified atom stereocenters. The second kappa shape index (κ2) is 12.0. The van der Waals surface area contributed by atoms with Crippen molar-refractivity contribution in [3.05, 3.63) is 12.2 Å². The van der Waals surface area contributed by atoms with Gasteiger partial charge in [-0.3, -0.25) is 14.4 Å². The highest BCUT2D eigenvalue weighted by molar-refractivity contribution is 6.74. The molecule has 0 aromatic rings. The molecule has 1 N–H and O–H groups in total. The Labute approximate surface area is 231 Å². The third-order valence-corrected chi connectivity index (χ3v) is 11.8. The molecule has 0 aliphatic carbocycles. The number of nitrogens with one attached hydrogen (secondary N) is 1. The summed E-state index contributed by atoms with van der Waals surface area (Å²) in [6.45, 7) is 15.2. The maximum atomic E-state index is 13.3. The molecule has 0 bridgehead atoms. The smallest absolute Gasteiger partial charge is 0.343 e. The molecule has 5 atom stereocenters. The van der Waals surface area contributed by atoms with Crippen LogP contribution in [-0.2, 0) is 52.0 Å². The average molecular weight is 574 g/mol. The molecule has 13 heteroatoms. The number of hydrogen-bond acceptors (Lipinski definition) is 11. The zero-order valence-electron chi connectivity index (χ0n) is 24.7. The van der Waals surface area contributed by atoms with Crippen LogP contribution in [0.15, 0.2) is 12.2 Å². The first-order valence-corrected chi connectivity index (χ1v) is 15.6. The van der Waals surface area contributed by atoms with Crippen LogP contribution in [-0.4, -0.2) is 95.8 Å². The SMILES string of the molecule is COC(=O)C(C(=O)OC)[C@]1(C(=O)OC)C=C[C@@H](NC(C)=O)[C@H]([C@H](O[Si](C)(C)C(C)(C)C)[C@H]2COC(C)(C)O2)O1. The highest BCUT2D eigenvalue weighted by atomic mass is 28.4. The van der Waals surface area contributed by atoms with Crippen LogP contribution in [0.2, 0.25) is 18.1 Å². The lowest BCUT2D eigenvalue weighted by Gasteiger charge is -2.48. The fourth-order valence-electron chi connectivity index (χ4n) is 4.32. The van der Waals surface area contributed by atoms with Gasteiger partial charge in [0.05, 0.1) is 34.0 Å². The Hall–Kier alpha value is -2.32. The van der Waals surface area contributed by atoms with E-state index in [2.05, 4.69) is 26.1 Å². The van der Waals surface area contributed by atoms with Crippen LogP contribution >= 0.6 is 0 Å². The molecule has 0 aromatic carbocycles. The summed E-state index contributed by atoms with van der Waals surface area (Å²) in [5.41, 5.74) is -2.29. The Kier molecular flexibility index (Phi) is 10.2. The Bertz CT molecular complexity index is 957. The molecule has 2 aliphatic heterocycles. The number of esters is 3. The third kappa shape index (κ3) is 7.07. The molecule has 12 nitrogen and oxygen atoms in total. The largest absolute Gasteiger partial charge is 0.468 e. The molecule has 39 heavy (non-hydrogen) atoms. The van der Waals surface area contributed by atoms with Crippen molar-refractivity contribution in [3.8, 4) is 0 Å². The zero-order valence-corrected chi connectivity index (χ0v) is 25.7. The number of carbonyl (C=O) groups excluding carboxylic acids is 4. The van der Waals surface area contributed by atoms with Crippen LogP contribution in [0.3, 0.4) is 0 Å². The lowest BCUT2D eigenvalue weighted by Crippen LogP contribution is -2.66. The number of amides is 1. The summed E-state index contributed by atoms with van der Waals surface area (Å²) in [5, 5.41) is 2.56. The van der Waals surface area contributed by atoms with Gasteiger partial charge in [0, 0.05) is 6.92 Å². The number of methoxy groups -OCH3 is 3. The van der Waals surface area contributed by atoms with Crippen LogP contribution in [0.5, 0.6) is 0 Å². The Balaban J connectivity index is 2.78. The van der Waals surface area contributed by atoms with E-state index in [1.165, 1.54) is 19.1 Å². The minimum absolute atomic E-state index is 0.130. The van der Waals surface area contributed by atoms with Crippen molar-refractivity contribution < 1.29 is 52.0 Å². The third-order valence-electron chi connectivity index (χ3n) is 7.37. The molecular formula is C26H43NO11Si. The summed E-state index contributed by atoms with van der Waals surface area (Å²) >= 11 is 0. The summed E-state index contributed by atoms with van der Waals surface area (Å²) in [7, 11) is 0.689. The van der Waals surface area contributed by atoms with E-state index in [-0.39, 0.29) is 17.6 Å². The minimum Gasteiger partial charge on any atom is -0.468 e. The van der Waals surface area contributed by atoms with Gasteiger partial charge >= 0.3 is 17.9 Å². The maximum absolute atomic E-state index is 13.3. The van der Waals surface area contributed by atoms with Crippen molar-refractivity contribution in [1.82, 2.24) is 5.32 Å². The number of ether oxygens (including phenoxy) is 6. The molecular weight excluding hydrogens is 530 g/mol. The van der Waals surface area contributed by atoms with E-state index in [1.54, 1.807) is 13.8 Å². The number of carbonyl (C=O) groups is 4. The van der Waals surface area contributed by atoms with E-state index in [4.69, 9.17) is 32.8 Å². The normalized spacial score (nSPS) is 27.5. The molecule has 2 aliphatic rings. The number of rotatable bonds is 9. The molecule has 0 spiro atoms. The molecule has 2 rings (SSSR count). The summed E-state index contributed by atoms with van der Waals surface area (Å²) < 4.78 is 40.0. The Morgan fingerprint density at radius 2 is 1.56 bits per heavy atom. The first kappa shape index (κ1) is 32.9. The van der Waals surface area contributed by atoms with Gasteiger partial charge in [-0.15, -0.1) is 0 Å². The predicted molar refractivity (Wildman–Crippen MR) is 141 cm³/mol.